The SMILES string of the molecule is CCC(C(=O)NCC1(COC)CCNCC1)c1ccc(F)cc1. The van der Waals surface area contributed by atoms with Crippen LogP contribution in [0.25, 0.3) is 0 Å². The number of carbonyl (C=O) groups excluding carboxylic acids is 1. The van der Waals surface area contributed by atoms with Crippen molar-refractivity contribution in [3.8, 4) is 0 Å². The summed E-state index contributed by atoms with van der Waals surface area (Å²) in [6, 6.07) is 6.20. The Kier molecular flexibility index (Phi) is 6.54. The third kappa shape index (κ3) is 4.75. The molecule has 0 radical (unpaired) electrons. The van der Waals surface area contributed by atoms with E-state index in [-0.39, 0.29) is 23.1 Å². The number of carbonyl (C=O) groups is 1. The van der Waals surface area contributed by atoms with Crippen LogP contribution in [0.3, 0.4) is 0 Å². The van der Waals surface area contributed by atoms with Gasteiger partial charge >= 0.3 is 0 Å². The molecule has 0 saturated carbocycles. The fourth-order valence-corrected chi connectivity index (χ4v) is 3.30. The molecule has 1 aromatic rings. The Morgan fingerprint density at radius 1 is 1.35 bits per heavy atom. The number of methoxy groups -OCH3 is 1. The van der Waals surface area contributed by atoms with Gasteiger partial charge < -0.3 is 15.4 Å². The first-order chi connectivity index (χ1) is 11.1. The molecule has 1 aliphatic heterocycles. The lowest BCUT2D eigenvalue weighted by Crippen LogP contribution is -2.47. The molecule has 0 aromatic heterocycles. The van der Waals surface area contributed by atoms with Gasteiger partial charge in [-0.3, -0.25) is 4.79 Å². The Morgan fingerprint density at radius 3 is 2.57 bits per heavy atom. The molecule has 0 bridgehead atoms. The molecule has 1 amide bonds. The molecule has 5 heteroatoms. The number of rotatable bonds is 7. The van der Waals surface area contributed by atoms with Gasteiger partial charge in [-0.25, -0.2) is 4.39 Å². The smallest absolute Gasteiger partial charge is 0.227 e. The summed E-state index contributed by atoms with van der Waals surface area (Å²) < 4.78 is 18.4. The van der Waals surface area contributed by atoms with Crippen molar-refractivity contribution in [1.29, 1.82) is 0 Å². The van der Waals surface area contributed by atoms with E-state index >= 15 is 0 Å². The summed E-state index contributed by atoms with van der Waals surface area (Å²) in [7, 11) is 1.71. The van der Waals surface area contributed by atoms with E-state index in [9.17, 15) is 9.18 Å². The molecule has 1 aromatic carbocycles. The van der Waals surface area contributed by atoms with Crippen molar-refractivity contribution < 1.29 is 13.9 Å². The molecule has 23 heavy (non-hydrogen) atoms. The second kappa shape index (κ2) is 8.41. The quantitative estimate of drug-likeness (QED) is 0.811. The van der Waals surface area contributed by atoms with E-state index in [2.05, 4.69) is 10.6 Å². The van der Waals surface area contributed by atoms with Crippen LogP contribution in [0.1, 0.15) is 37.7 Å². The summed E-state index contributed by atoms with van der Waals surface area (Å²) in [5, 5.41) is 6.45. The van der Waals surface area contributed by atoms with E-state index in [1.807, 2.05) is 6.92 Å². The Hall–Kier alpha value is -1.46. The summed E-state index contributed by atoms with van der Waals surface area (Å²) in [6.07, 6.45) is 2.68. The van der Waals surface area contributed by atoms with Crippen LogP contribution in [0.15, 0.2) is 24.3 Å². The fourth-order valence-electron chi connectivity index (χ4n) is 3.30. The number of halogens is 1. The number of hydrogen-bond donors (Lipinski definition) is 2. The summed E-state index contributed by atoms with van der Waals surface area (Å²) >= 11 is 0. The van der Waals surface area contributed by atoms with Gasteiger partial charge in [0.1, 0.15) is 5.82 Å². The minimum atomic E-state index is -0.280. The Labute approximate surface area is 137 Å². The van der Waals surface area contributed by atoms with Crippen molar-refractivity contribution in [1.82, 2.24) is 10.6 Å². The first-order valence-corrected chi connectivity index (χ1v) is 8.33. The monoisotopic (exact) mass is 322 g/mol. The number of benzene rings is 1. The highest BCUT2D eigenvalue weighted by Crippen LogP contribution is 2.29. The highest BCUT2D eigenvalue weighted by molar-refractivity contribution is 5.83. The second-order valence-electron chi connectivity index (χ2n) is 6.41. The molecule has 1 unspecified atom stereocenters. The van der Waals surface area contributed by atoms with Gasteiger partial charge in [0.25, 0.3) is 0 Å². The van der Waals surface area contributed by atoms with Gasteiger partial charge in [-0.2, -0.15) is 0 Å². The molecule has 1 aliphatic rings. The van der Waals surface area contributed by atoms with Crippen molar-refractivity contribution in [2.24, 2.45) is 5.41 Å². The van der Waals surface area contributed by atoms with Crippen molar-refractivity contribution >= 4 is 5.91 Å². The molecule has 2 N–H and O–H groups in total. The van der Waals surface area contributed by atoms with Crippen LogP contribution in [-0.2, 0) is 9.53 Å². The first kappa shape index (κ1) is 17.9. The van der Waals surface area contributed by atoms with Crippen molar-refractivity contribution in [2.75, 3.05) is 33.4 Å². The Bertz CT molecular complexity index is 493. The lowest BCUT2D eigenvalue weighted by Gasteiger charge is -2.37. The van der Waals surface area contributed by atoms with E-state index in [0.717, 1.165) is 31.5 Å². The van der Waals surface area contributed by atoms with Gasteiger partial charge in [0.05, 0.1) is 12.5 Å². The summed E-state index contributed by atoms with van der Waals surface area (Å²) in [5.74, 6) is -0.511. The molecule has 0 spiro atoms. The van der Waals surface area contributed by atoms with Gasteiger partial charge in [0.15, 0.2) is 0 Å². The lowest BCUT2D eigenvalue weighted by molar-refractivity contribution is -0.123. The van der Waals surface area contributed by atoms with Crippen molar-refractivity contribution in [3.63, 3.8) is 0 Å². The Morgan fingerprint density at radius 2 is 2.00 bits per heavy atom. The lowest BCUT2D eigenvalue weighted by atomic mass is 9.79. The van der Waals surface area contributed by atoms with Gasteiger partial charge in [0, 0.05) is 19.1 Å². The number of piperidine rings is 1. The minimum absolute atomic E-state index is 0.00752. The predicted molar refractivity (Wildman–Crippen MR) is 88.9 cm³/mol. The zero-order valence-electron chi connectivity index (χ0n) is 14.0. The maximum absolute atomic E-state index is 13.1. The first-order valence-electron chi connectivity index (χ1n) is 8.33. The highest BCUT2D eigenvalue weighted by atomic mass is 19.1. The van der Waals surface area contributed by atoms with Crippen LogP contribution in [0, 0.1) is 11.2 Å². The van der Waals surface area contributed by atoms with Gasteiger partial charge in [-0.05, 0) is 50.0 Å². The van der Waals surface area contributed by atoms with E-state index in [4.69, 9.17) is 4.74 Å². The summed E-state index contributed by atoms with van der Waals surface area (Å²) in [6.45, 7) is 5.16. The van der Waals surface area contributed by atoms with Crippen LogP contribution in [0.4, 0.5) is 4.39 Å². The maximum atomic E-state index is 13.1. The van der Waals surface area contributed by atoms with Crippen LogP contribution in [-0.4, -0.2) is 39.3 Å². The van der Waals surface area contributed by atoms with E-state index in [1.54, 1.807) is 19.2 Å². The second-order valence-corrected chi connectivity index (χ2v) is 6.41. The molecule has 128 valence electrons. The average molecular weight is 322 g/mol. The highest BCUT2D eigenvalue weighted by Gasteiger charge is 2.33. The topological polar surface area (TPSA) is 50.4 Å². The third-order valence-electron chi connectivity index (χ3n) is 4.75. The third-order valence-corrected chi connectivity index (χ3v) is 4.75. The van der Waals surface area contributed by atoms with E-state index < -0.39 is 0 Å². The summed E-state index contributed by atoms with van der Waals surface area (Å²) in [5.41, 5.74) is 0.869. The van der Waals surface area contributed by atoms with Gasteiger partial charge in [-0.15, -0.1) is 0 Å². The average Bonchev–Trinajstić information content (AvgIpc) is 2.57. The molecule has 1 heterocycles. The zero-order chi connectivity index (χ0) is 16.7. The van der Waals surface area contributed by atoms with E-state index in [1.165, 1.54) is 12.1 Å². The molecule has 1 saturated heterocycles. The predicted octanol–water partition coefficient (Wildman–Crippen LogP) is 2.45. The minimum Gasteiger partial charge on any atom is -0.384 e. The van der Waals surface area contributed by atoms with Crippen LogP contribution in [0.2, 0.25) is 0 Å². The zero-order valence-corrected chi connectivity index (χ0v) is 14.0. The molecular weight excluding hydrogens is 295 g/mol. The maximum Gasteiger partial charge on any atom is 0.227 e. The molecule has 0 aliphatic carbocycles. The number of nitrogens with one attached hydrogen (secondary N) is 2. The molecule has 1 fully saturated rings. The van der Waals surface area contributed by atoms with E-state index in [0.29, 0.717) is 19.6 Å². The molecule has 4 nitrogen and oxygen atoms in total. The normalized spacial score (nSPS) is 18.4. The number of hydrogen-bond acceptors (Lipinski definition) is 3. The molecule has 1 atom stereocenters. The Balaban J connectivity index is 1.99. The summed E-state index contributed by atoms with van der Waals surface area (Å²) in [4.78, 5) is 12.6. The van der Waals surface area contributed by atoms with Gasteiger partial charge in [0.2, 0.25) is 5.91 Å². The van der Waals surface area contributed by atoms with Crippen LogP contribution in [0.5, 0.6) is 0 Å². The van der Waals surface area contributed by atoms with Crippen LogP contribution >= 0.6 is 0 Å². The van der Waals surface area contributed by atoms with Crippen molar-refractivity contribution in [2.45, 2.75) is 32.1 Å². The van der Waals surface area contributed by atoms with Crippen LogP contribution < -0.4 is 10.6 Å². The van der Waals surface area contributed by atoms with Gasteiger partial charge in [-0.1, -0.05) is 19.1 Å². The van der Waals surface area contributed by atoms with Crippen molar-refractivity contribution in [3.05, 3.63) is 35.6 Å². The standard InChI is InChI=1S/C18H27FN2O2/c1-3-16(14-4-6-15(19)7-5-14)17(22)21-12-18(13-23-2)8-10-20-11-9-18/h4-7,16,20H,3,8-13H2,1-2H3,(H,21,22). The largest absolute Gasteiger partial charge is 0.384 e. The molecule has 2 rings (SSSR count). The number of ether oxygens (including phenoxy) is 1. The fraction of sp³-hybridized carbons (Fsp3) is 0.611. The molecular formula is C18H27FN2O2. The number of amides is 1.